The van der Waals surface area contributed by atoms with Crippen molar-refractivity contribution in [2.45, 2.75) is 26.5 Å². The quantitative estimate of drug-likeness (QED) is 0.579. The third-order valence-corrected chi connectivity index (χ3v) is 4.28. The first kappa shape index (κ1) is 20.6. The normalized spacial score (nSPS) is 11.6. The van der Waals surface area contributed by atoms with Crippen molar-refractivity contribution < 1.29 is 23.0 Å². The molecule has 0 spiro atoms. The highest BCUT2D eigenvalue weighted by atomic mass is 19.3. The number of halogens is 2. The number of nitrogens with one attached hydrogen (secondary N) is 1. The Balaban J connectivity index is 1.83. The van der Waals surface area contributed by atoms with E-state index in [4.69, 9.17) is 4.74 Å². The number of alkyl halides is 2. The highest BCUT2D eigenvalue weighted by Gasteiger charge is 2.22. The molecule has 0 bridgehead atoms. The van der Waals surface area contributed by atoms with Gasteiger partial charge in [-0.3, -0.25) is 9.78 Å². The summed E-state index contributed by atoms with van der Waals surface area (Å²) in [5, 5.41) is 2.57. The molecule has 0 atom stereocenters. The molecular formula is C19H21F2N5O3. The topological polar surface area (TPSA) is 91.2 Å². The molecule has 0 saturated heterocycles. The van der Waals surface area contributed by atoms with Crippen molar-refractivity contribution in [2.75, 3.05) is 20.3 Å². The van der Waals surface area contributed by atoms with Crippen LogP contribution in [0.3, 0.4) is 0 Å². The molecule has 0 aliphatic rings. The van der Waals surface area contributed by atoms with Crippen molar-refractivity contribution in [1.82, 2.24) is 24.8 Å². The van der Waals surface area contributed by atoms with Gasteiger partial charge in [-0.1, -0.05) is 0 Å². The lowest BCUT2D eigenvalue weighted by molar-refractivity contribution is -0.222. The molecule has 0 fully saturated rings. The van der Waals surface area contributed by atoms with Crippen molar-refractivity contribution in [1.29, 1.82) is 0 Å². The average Bonchev–Trinajstić information content (AvgIpc) is 3.05. The highest BCUT2D eigenvalue weighted by molar-refractivity contribution is 6.05. The van der Waals surface area contributed by atoms with Gasteiger partial charge < -0.3 is 19.4 Å². The molecule has 0 aromatic carbocycles. The molecule has 0 unspecified atom stereocenters. The van der Waals surface area contributed by atoms with Gasteiger partial charge in [-0.15, -0.1) is 0 Å². The Morgan fingerprint density at radius 3 is 2.83 bits per heavy atom. The molecule has 0 aliphatic carbocycles. The Hall–Kier alpha value is -3.14. The number of methoxy groups -OCH3 is 1. The second-order valence-corrected chi connectivity index (χ2v) is 6.41. The summed E-state index contributed by atoms with van der Waals surface area (Å²) in [7, 11) is 1.54. The van der Waals surface area contributed by atoms with E-state index in [9.17, 15) is 13.6 Å². The standard InChI is InChI=1S/C19H21F2N5O3/c1-12-14(24-11-25-18(12)28-3)10-26-9-13(16-15(26)5-4-6-22-16)17(27)23-7-8-29-19(2,20)21/h4-6,9,11H,7-8,10H2,1-3H3,(H,23,27). The number of hydrogen-bond acceptors (Lipinski definition) is 6. The third-order valence-electron chi connectivity index (χ3n) is 4.28. The van der Waals surface area contributed by atoms with Crippen molar-refractivity contribution in [3.05, 3.63) is 47.7 Å². The maximum Gasteiger partial charge on any atom is 0.352 e. The maximum absolute atomic E-state index is 12.7. The highest BCUT2D eigenvalue weighted by Crippen LogP contribution is 2.22. The van der Waals surface area contributed by atoms with Gasteiger partial charge in [0.2, 0.25) is 5.88 Å². The minimum Gasteiger partial charge on any atom is -0.481 e. The molecule has 10 heteroatoms. The van der Waals surface area contributed by atoms with E-state index in [1.54, 1.807) is 18.5 Å². The van der Waals surface area contributed by atoms with E-state index in [1.807, 2.05) is 17.6 Å². The van der Waals surface area contributed by atoms with E-state index in [2.05, 4.69) is 25.0 Å². The monoisotopic (exact) mass is 405 g/mol. The zero-order valence-corrected chi connectivity index (χ0v) is 16.3. The van der Waals surface area contributed by atoms with Crippen molar-refractivity contribution >= 4 is 16.9 Å². The van der Waals surface area contributed by atoms with Crippen LogP contribution in [-0.2, 0) is 11.3 Å². The van der Waals surface area contributed by atoms with Gasteiger partial charge in [0.25, 0.3) is 5.91 Å². The number of aromatic nitrogens is 4. The SMILES string of the molecule is COc1ncnc(Cn2cc(C(=O)NCCOC(C)(F)F)c3ncccc32)c1C. The Labute approximate surface area is 165 Å². The van der Waals surface area contributed by atoms with Gasteiger partial charge >= 0.3 is 6.11 Å². The maximum atomic E-state index is 12.7. The van der Waals surface area contributed by atoms with Crippen LogP contribution >= 0.6 is 0 Å². The minimum atomic E-state index is -3.24. The molecule has 3 aromatic rings. The molecule has 3 aromatic heterocycles. The van der Waals surface area contributed by atoms with Crippen LogP contribution in [0.1, 0.15) is 28.5 Å². The van der Waals surface area contributed by atoms with Crippen LogP contribution in [0.2, 0.25) is 0 Å². The third kappa shape index (κ3) is 4.83. The van der Waals surface area contributed by atoms with Gasteiger partial charge in [-0.05, 0) is 19.1 Å². The molecule has 0 aliphatic heterocycles. The van der Waals surface area contributed by atoms with Crippen molar-refractivity contribution in [3.8, 4) is 5.88 Å². The summed E-state index contributed by atoms with van der Waals surface area (Å²) in [4.78, 5) is 25.2. The number of fused-ring (bicyclic) bond motifs is 1. The predicted molar refractivity (Wildman–Crippen MR) is 101 cm³/mol. The molecule has 3 heterocycles. The van der Waals surface area contributed by atoms with Crippen LogP contribution in [0, 0.1) is 6.92 Å². The van der Waals surface area contributed by atoms with Crippen LogP contribution in [0.15, 0.2) is 30.9 Å². The summed E-state index contributed by atoms with van der Waals surface area (Å²) in [5.41, 5.74) is 3.12. The van der Waals surface area contributed by atoms with Gasteiger partial charge in [0, 0.05) is 31.4 Å². The number of pyridine rings is 1. The van der Waals surface area contributed by atoms with E-state index >= 15 is 0 Å². The Morgan fingerprint density at radius 1 is 1.31 bits per heavy atom. The smallest absolute Gasteiger partial charge is 0.352 e. The number of carbonyl (C=O) groups is 1. The summed E-state index contributed by atoms with van der Waals surface area (Å²) in [6.45, 7) is 2.53. The fraction of sp³-hybridized carbons (Fsp3) is 0.368. The van der Waals surface area contributed by atoms with Gasteiger partial charge in [0.1, 0.15) is 11.8 Å². The number of nitrogens with zero attached hydrogens (tertiary/aromatic N) is 4. The zero-order valence-electron chi connectivity index (χ0n) is 16.3. The number of ether oxygens (including phenoxy) is 2. The molecular weight excluding hydrogens is 384 g/mol. The van der Waals surface area contributed by atoms with Gasteiger partial charge in [-0.2, -0.15) is 8.78 Å². The van der Waals surface area contributed by atoms with E-state index in [-0.39, 0.29) is 13.2 Å². The fourth-order valence-electron chi connectivity index (χ4n) is 2.90. The lowest BCUT2D eigenvalue weighted by atomic mass is 10.2. The summed E-state index contributed by atoms with van der Waals surface area (Å²) in [5.74, 6) is 0.0581. The summed E-state index contributed by atoms with van der Waals surface area (Å²) < 4.78 is 36.8. The molecule has 8 nitrogen and oxygen atoms in total. The van der Waals surface area contributed by atoms with Crippen molar-refractivity contribution in [2.24, 2.45) is 0 Å². The second kappa shape index (κ2) is 8.48. The van der Waals surface area contributed by atoms with Gasteiger partial charge in [-0.25, -0.2) is 9.97 Å². The molecule has 154 valence electrons. The Morgan fingerprint density at radius 2 is 2.10 bits per heavy atom. The first-order chi connectivity index (χ1) is 13.8. The molecule has 29 heavy (non-hydrogen) atoms. The van der Waals surface area contributed by atoms with E-state index in [0.29, 0.717) is 30.4 Å². The molecule has 3 rings (SSSR count). The van der Waals surface area contributed by atoms with E-state index in [1.165, 1.54) is 13.4 Å². The summed E-state index contributed by atoms with van der Waals surface area (Å²) in [6, 6.07) is 3.61. The zero-order chi connectivity index (χ0) is 21.0. The number of hydrogen-bond donors (Lipinski definition) is 1. The predicted octanol–water partition coefficient (Wildman–Crippen LogP) is 2.55. The molecule has 0 saturated carbocycles. The van der Waals surface area contributed by atoms with E-state index in [0.717, 1.165) is 16.8 Å². The minimum absolute atomic E-state index is 0.0516. The van der Waals surface area contributed by atoms with Crippen LogP contribution < -0.4 is 10.1 Å². The largest absolute Gasteiger partial charge is 0.481 e. The number of amides is 1. The van der Waals surface area contributed by atoms with Crippen LogP contribution in [0.25, 0.3) is 11.0 Å². The molecule has 1 N–H and O–H groups in total. The summed E-state index contributed by atoms with van der Waals surface area (Å²) in [6.07, 6.45) is 1.43. The number of carbonyl (C=O) groups excluding carboxylic acids is 1. The first-order valence-electron chi connectivity index (χ1n) is 8.88. The molecule has 0 radical (unpaired) electrons. The summed E-state index contributed by atoms with van der Waals surface area (Å²) >= 11 is 0. The number of rotatable bonds is 8. The average molecular weight is 405 g/mol. The first-order valence-corrected chi connectivity index (χ1v) is 8.88. The fourth-order valence-corrected chi connectivity index (χ4v) is 2.90. The second-order valence-electron chi connectivity index (χ2n) is 6.41. The van der Waals surface area contributed by atoms with Crippen LogP contribution in [-0.4, -0.2) is 51.8 Å². The van der Waals surface area contributed by atoms with Gasteiger partial charge in [0.05, 0.1) is 37.0 Å². The Bertz CT molecular complexity index is 1020. The van der Waals surface area contributed by atoms with Gasteiger partial charge in [0.15, 0.2) is 0 Å². The lowest BCUT2D eigenvalue weighted by Gasteiger charge is -2.11. The molecule has 1 amide bonds. The van der Waals surface area contributed by atoms with Crippen LogP contribution in [0.4, 0.5) is 8.78 Å². The van der Waals surface area contributed by atoms with Crippen LogP contribution in [0.5, 0.6) is 5.88 Å². The Kier molecular flexibility index (Phi) is 6.02. The lowest BCUT2D eigenvalue weighted by Crippen LogP contribution is -2.29. The van der Waals surface area contributed by atoms with Crippen molar-refractivity contribution in [3.63, 3.8) is 0 Å². The van der Waals surface area contributed by atoms with E-state index < -0.39 is 12.0 Å².